The van der Waals surface area contributed by atoms with Gasteiger partial charge in [0.25, 0.3) is 5.91 Å². The molecule has 0 spiro atoms. The van der Waals surface area contributed by atoms with Gasteiger partial charge in [0, 0.05) is 23.7 Å². The SMILES string of the molecule is CC(C)CC(NC(=O)c1ccc2ncccc2c1)C(=O)N1CCC2OCC(=O)C21. The van der Waals surface area contributed by atoms with E-state index in [0.29, 0.717) is 24.9 Å². The number of carbonyl (C=O) groups is 3. The van der Waals surface area contributed by atoms with E-state index >= 15 is 0 Å². The summed E-state index contributed by atoms with van der Waals surface area (Å²) in [5.74, 6) is -0.364. The molecule has 2 aromatic rings. The predicted molar refractivity (Wildman–Crippen MR) is 107 cm³/mol. The highest BCUT2D eigenvalue weighted by atomic mass is 16.5. The molecule has 2 saturated heterocycles. The van der Waals surface area contributed by atoms with Gasteiger partial charge in [0.1, 0.15) is 18.7 Å². The Hall–Kier alpha value is -2.80. The molecule has 1 N–H and O–H groups in total. The highest BCUT2D eigenvalue weighted by Crippen LogP contribution is 2.28. The van der Waals surface area contributed by atoms with Crippen molar-refractivity contribution in [2.75, 3.05) is 13.2 Å². The van der Waals surface area contributed by atoms with Crippen molar-refractivity contribution in [1.29, 1.82) is 0 Å². The van der Waals surface area contributed by atoms with Crippen molar-refractivity contribution >= 4 is 28.5 Å². The van der Waals surface area contributed by atoms with Gasteiger partial charge in [0.15, 0.2) is 5.78 Å². The summed E-state index contributed by atoms with van der Waals surface area (Å²) < 4.78 is 5.48. The molecule has 1 aromatic heterocycles. The summed E-state index contributed by atoms with van der Waals surface area (Å²) in [5.41, 5.74) is 1.29. The number of carbonyl (C=O) groups excluding carboxylic acids is 3. The van der Waals surface area contributed by atoms with E-state index in [1.807, 2.05) is 26.0 Å². The molecule has 7 nitrogen and oxygen atoms in total. The lowest BCUT2D eigenvalue weighted by Crippen LogP contribution is -2.52. The number of pyridine rings is 1. The van der Waals surface area contributed by atoms with Crippen molar-refractivity contribution in [2.24, 2.45) is 5.92 Å². The summed E-state index contributed by atoms with van der Waals surface area (Å²) in [6, 6.07) is 7.80. The number of Topliss-reactive ketones (excluding diaryl/α,β-unsaturated/α-hetero) is 1. The van der Waals surface area contributed by atoms with E-state index in [0.717, 1.165) is 10.9 Å². The maximum atomic E-state index is 13.2. The largest absolute Gasteiger partial charge is 0.368 e. The Morgan fingerprint density at radius 1 is 1.31 bits per heavy atom. The van der Waals surface area contributed by atoms with Crippen LogP contribution in [0.2, 0.25) is 0 Å². The molecule has 2 aliphatic heterocycles. The van der Waals surface area contributed by atoms with Crippen LogP contribution in [0.15, 0.2) is 36.5 Å². The first kappa shape index (κ1) is 19.5. The van der Waals surface area contributed by atoms with E-state index in [9.17, 15) is 14.4 Å². The van der Waals surface area contributed by atoms with Gasteiger partial charge in [-0.2, -0.15) is 0 Å². The Bertz CT molecular complexity index is 958. The molecule has 3 atom stereocenters. The van der Waals surface area contributed by atoms with Crippen molar-refractivity contribution in [1.82, 2.24) is 15.2 Å². The number of ketones is 1. The third-order valence-corrected chi connectivity index (χ3v) is 5.57. The van der Waals surface area contributed by atoms with Crippen molar-refractivity contribution in [3.8, 4) is 0 Å². The van der Waals surface area contributed by atoms with E-state index in [2.05, 4.69) is 10.3 Å². The zero-order chi connectivity index (χ0) is 20.5. The minimum atomic E-state index is -0.681. The fourth-order valence-electron chi connectivity index (χ4n) is 4.19. The first-order valence-electron chi connectivity index (χ1n) is 10.0. The number of amides is 2. The Kier molecular flexibility index (Phi) is 5.32. The molecule has 0 aliphatic carbocycles. The van der Waals surface area contributed by atoms with Gasteiger partial charge in [-0.05, 0) is 43.0 Å². The van der Waals surface area contributed by atoms with Gasteiger partial charge in [-0.3, -0.25) is 19.4 Å². The summed E-state index contributed by atoms with van der Waals surface area (Å²) in [6.07, 6.45) is 2.65. The van der Waals surface area contributed by atoms with Crippen molar-refractivity contribution < 1.29 is 19.1 Å². The van der Waals surface area contributed by atoms with Crippen LogP contribution in [-0.4, -0.2) is 58.8 Å². The molecule has 2 fully saturated rings. The molecule has 29 heavy (non-hydrogen) atoms. The Morgan fingerprint density at radius 2 is 2.14 bits per heavy atom. The quantitative estimate of drug-likeness (QED) is 0.836. The molecule has 0 radical (unpaired) electrons. The zero-order valence-corrected chi connectivity index (χ0v) is 16.6. The van der Waals surface area contributed by atoms with Gasteiger partial charge in [0.05, 0.1) is 11.6 Å². The van der Waals surface area contributed by atoms with Gasteiger partial charge >= 0.3 is 0 Å². The number of ether oxygens (including phenoxy) is 1. The lowest BCUT2D eigenvalue weighted by Gasteiger charge is -2.28. The second-order valence-corrected chi connectivity index (χ2v) is 8.15. The molecular weight excluding hydrogens is 370 g/mol. The van der Waals surface area contributed by atoms with Gasteiger partial charge in [-0.25, -0.2) is 0 Å². The minimum absolute atomic E-state index is 0.0579. The molecule has 0 saturated carbocycles. The third kappa shape index (κ3) is 3.87. The van der Waals surface area contributed by atoms with Gasteiger partial charge in [0.2, 0.25) is 5.91 Å². The van der Waals surface area contributed by atoms with Crippen LogP contribution in [0.1, 0.15) is 37.0 Å². The van der Waals surface area contributed by atoms with Crippen molar-refractivity contribution in [2.45, 2.75) is 44.9 Å². The Balaban J connectivity index is 1.53. The second kappa shape index (κ2) is 7.91. The molecule has 2 aliphatic rings. The van der Waals surface area contributed by atoms with Gasteiger partial charge in [-0.15, -0.1) is 0 Å². The molecule has 0 bridgehead atoms. The number of nitrogens with one attached hydrogen (secondary N) is 1. The normalized spacial score (nSPS) is 22.2. The number of aromatic nitrogens is 1. The van der Waals surface area contributed by atoms with Crippen LogP contribution in [0.5, 0.6) is 0 Å². The molecule has 3 heterocycles. The Morgan fingerprint density at radius 3 is 2.93 bits per heavy atom. The number of nitrogens with zero attached hydrogens (tertiary/aromatic N) is 2. The highest BCUT2D eigenvalue weighted by molar-refractivity contribution is 6.01. The number of rotatable bonds is 5. The molecule has 152 valence electrons. The monoisotopic (exact) mass is 395 g/mol. The topological polar surface area (TPSA) is 88.6 Å². The summed E-state index contributed by atoms with van der Waals surface area (Å²) in [7, 11) is 0. The van der Waals surface area contributed by atoms with Crippen LogP contribution in [0.3, 0.4) is 0 Å². The molecule has 1 aromatic carbocycles. The number of hydrogen-bond acceptors (Lipinski definition) is 5. The number of fused-ring (bicyclic) bond motifs is 2. The smallest absolute Gasteiger partial charge is 0.251 e. The molecule has 2 amide bonds. The maximum Gasteiger partial charge on any atom is 0.251 e. The van der Waals surface area contributed by atoms with Crippen LogP contribution in [0.4, 0.5) is 0 Å². The van der Waals surface area contributed by atoms with Gasteiger partial charge in [-0.1, -0.05) is 19.9 Å². The predicted octanol–water partition coefficient (Wildman–Crippen LogP) is 1.95. The summed E-state index contributed by atoms with van der Waals surface area (Å²) in [6.45, 7) is 4.55. The van der Waals surface area contributed by atoms with Crippen LogP contribution >= 0.6 is 0 Å². The lowest BCUT2D eigenvalue weighted by molar-refractivity contribution is -0.138. The first-order chi connectivity index (χ1) is 13.9. The lowest BCUT2D eigenvalue weighted by atomic mass is 10.0. The standard InChI is InChI=1S/C22H25N3O4/c1-13(2)10-17(22(28)25-9-7-19-20(25)18(26)12-29-19)24-21(27)15-5-6-16-14(11-15)4-3-8-23-16/h3-6,8,11,13,17,19-20H,7,9-10,12H2,1-2H3,(H,24,27). The summed E-state index contributed by atoms with van der Waals surface area (Å²) in [5, 5.41) is 3.76. The van der Waals surface area contributed by atoms with Gasteiger partial charge < -0.3 is 15.0 Å². The Labute approximate surface area is 169 Å². The van der Waals surface area contributed by atoms with Crippen LogP contribution in [-0.2, 0) is 14.3 Å². The second-order valence-electron chi connectivity index (χ2n) is 8.15. The first-order valence-corrected chi connectivity index (χ1v) is 10.0. The molecular formula is C22H25N3O4. The molecule has 7 heteroatoms. The molecule has 3 unspecified atom stereocenters. The van der Waals surface area contributed by atoms with E-state index in [1.54, 1.807) is 29.3 Å². The maximum absolute atomic E-state index is 13.2. The third-order valence-electron chi connectivity index (χ3n) is 5.57. The zero-order valence-electron chi connectivity index (χ0n) is 16.6. The average Bonchev–Trinajstić information content (AvgIpc) is 3.29. The summed E-state index contributed by atoms with van der Waals surface area (Å²) >= 11 is 0. The van der Waals surface area contributed by atoms with E-state index in [1.165, 1.54) is 0 Å². The van der Waals surface area contributed by atoms with Crippen LogP contribution < -0.4 is 5.32 Å². The van der Waals surface area contributed by atoms with Crippen LogP contribution in [0, 0.1) is 5.92 Å². The van der Waals surface area contributed by atoms with Crippen LogP contribution in [0.25, 0.3) is 10.9 Å². The van der Waals surface area contributed by atoms with Crippen molar-refractivity contribution in [3.05, 3.63) is 42.1 Å². The van der Waals surface area contributed by atoms with E-state index in [4.69, 9.17) is 4.74 Å². The van der Waals surface area contributed by atoms with E-state index in [-0.39, 0.29) is 36.2 Å². The average molecular weight is 395 g/mol. The number of likely N-dealkylation sites (tertiary alicyclic amines) is 1. The number of benzene rings is 1. The number of hydrogen-bond donors (Lipinski definition) is 1. The molecule has 4 rings (SSSR count). The fraction of sp³-hybridized carbons (Fsp3) is 0.455. The fourth-order valence-corrected chi connectivity index (χ4v) is 4.19. The highest BCUT2D eigenvalue weighted by Gasteiger charge is 2.48. The minimum Gasteiger partial charge on any atom is -0.368 e. The summed E-state index contributed by atoms with van der Waals surface area (Å²) in [4.78, 5) is 44.2. The van der Waals surface area contributed by atoms with Crippen molar-refractivity contribution in [3.63, 3.8) is 0 Å². The van der Waals surface area contributed by atoms with E-state index < -0.39 is 12.1 Å².